The summed E-state index contributed by atoms with van der Waals surface area (Å²) in [7, 11) is 1.72. The summed E-state index contributed by atoms with van der Waals surface area (Å²) in [6.45, 7) is 4.62. The summed E-state index contributed by atoms with van der Waals surface area (Å²) in [5.74, 6) is -0.601. The highest BCUT2D eigenvalue weighted by molar-refractivity contribution is 5.95. The number of methoxy groups -OCH3 is 1. The summed E-state index contributed by atoms with van der Waals surface area (Å²) in [6.07, 6.45) is 6.87. The number of aliphatic carboxylic acids is 1. The van der Waals surface area contributed by atoms with Gasteiger partial charge in [0, 0.05) is 25.8 Å². The van der Waals surface area contributed by atoms with E-state index in [1.54, 1.807) is 19.2 Å². The highest BCUT2D eigenvalue weighted by Gasteiger charge is 2.32. The van der Waals surface area contributed by atoms with Crippen LogP contribution in [0.2, 0.25) is 0 Å². The van der Waals surface area contributed by atoms with Crippen molar-refractivity contribution in [2.24, 2.45) is 5.41 Å². The molecule has 1 aliphatic rings. The predicted octanol–water partition coefficient (Wildman–Crippen LogP) is 3.48. The Labute approximate surface area is 161 Å². The van der Waals surface area contributed by atoms with Crippen molar-refractivity contribution < 1.29 is 24.2 Å². The molecule has 0 heterocycles. The molecule has 0 unspecified atom stereocenters. The second kappa shape index (κ2) is 9.74. The topological polar surface area (TPSA) is 84.9 Å². The number of rotatable bonds is 9. The Hall–Kier alpha value is -2.08. The Balaban J connectivity index is 2.05. The Kier molecular flexibility index (Phi) is 7.66. The second-order valence-corrected chi connectivity index (χ2v) is 7.61. The average molecular weight is 377 g/mol. The zero-order valence-corrected chi connectivity index (χ0v) is 16.6. The number of nitrogens with one attached hydrogen (secondary N) is 1. The molecule has 1 aliphatic carbocycles. The van der Waals surface area contributed by atoms with Crippen LogP contribution in [-0.2, 0) is 9.53 Å². The normalized spacial score (nSPS) is 16.0. The summed E-state index contributed by atoms with van der Waals surface area (Å²) >= 11 is 0. The molecule has 0 aromatic heterocycles. The van der Waals surface area contributed by atoms with Gasteiger partial charge in [-0.1, -0.05) is 19.3 Å². The number of ether oxygens (including phenoxy) is 2. The lowest BCUT2D eigenvalue weighted by Gasteiger charge is -2.37. The first-order valence-corrected chi connectivity index (χ1v) is 9.60. The summed E-state index contributed by atoms with van der Waals surface area (Å²) in [4.78, 5) is 23.4. The van der Waals surface area contributed by atoms with E-state index in [-0.39, 0.29) is 11.3 Å². The quantitative estimate of drug-likeness (QED) is 0.688. The van der Waals surface area contributed by atoms with Gasteiger partial charge in [0.25, 0.3) is 5.91 Å². The molecule has 0 atom stereocenters. The van der Waals surface area contributed by atoms with E-state index in [4.69, 9.17) is 14.6 Å². The molecule has 27 heavy (non-hydrogen) atoms. The molecular weight excluding hydrogens is 346 g/mol. The minimum Gasteiger partial charge on any atom is -0.481 e. The van der Waals surface area contributed by atoms with Crippen LogP contribution in [0.3, 0.4) is 0 Å². The average Bonchev–Trinajstić information content (AvgIpc) is 2.64. The smallest absolute Gasteiger partial charge is 0.341 e. The molecule has 1 aromatic carbocycles. The highest BCUT2D eigenvalue weighted by atomic mass is 16.5. The fourth-order valence-electron chi connectivity index (χ4n) is 3.95. The molecular formula is C21H31NO5. The van der Waals surface area contributed by atoms with E-state index in [1.165, 1.54) is 19.3 Å². The van der Waals surface area contributed by atoms with Crippen LogP contribution in [0.4, 0.5) is 0 Å². The van der Waals surface area contributed by atoms with Crippen LogP contribution in [0.15, 0.2) is 12.1 Å². The van der Waals surface area contributed by atoms with E-state index in [2.05, 4.69) is 5.32 Å². The molecule has 2 rings (SSSR count). The van der Waals surface area contributed by atoms with E-state index < -0.39 is 12.6 Å². The lowest BCUT2D eigenvalue weighted by atomic mass is 9.72. The second-order valence-electron chi connectivity index (χ2n) is 7.61. The minimum absolute atomic E-state index is 0.103. The van der Waals surface area contributed by atoms with Crippen LogP contribution in [-0.4, -0.2) is 43.9 Å². The van der Waals surface area contributed by atoms with Crippen molar-refractivity contribution in [2.75, 3.05) is 26.9 Å². The van der Waals surface area contributed by atoms with Gasteiger partial charge in [-0.3, -0.25) is 4.79 Å². The van der Waals surface area contributed by atoms with Gasteiger partial charge in [0.2, 0.25) is 0 Å². The Bertz CT molecular complexity index is 642. The first-order chi connectivity index (χ1) is 12.9. The molecule has 0 aliphatic heterocycles. The van der Waals surface area contributed by atoms with Gasteiger partial charge in [0.05, 0.1) is 0 Å². The van der Waals surface area contributed by atoms with Crippen LogP contribution in [0.5, 0.6) is 5.75 Å². The number of carboxylic acids is 1. The highest BCUT2D eigenvalue weighted by Crippen LogP contribution is 2.38. The van der Waals surface area contributed by atoms with Crippen molar-refractivity contribution in [3.63, 3.8) is 0 Å². The fourth-order valence-corrected chi connectivity index (χ4v) is 3.95. The first kappa shape index (κ1) is 21.2. The summed E-state index contributed by atoms with van der Waals surface area (Å²) in [5.41, 5.74) is 2.21. The molecule has 1 aromatic rings. The largest absolute Gasteiger partial charge is 0.481 e. The van der Waals surface area contributed by atoms with Crippen molar-refractivity contribution in [3.05, 3.63) is 28.8 Å². The van der Waals surface area contributed by atoms with Crippen molar-refractivity contribution in [2.45, 2.75) is 52.4 Å². The molecule has 0 spiro atoms. The summed E-state index contributed by atoms with van der Waals surface area (Å²) < 4.78 is 10.6. The van der Waals surface area contributed by atoms with Crippen molar-refractivity contribution in [1.29, 1.82) is 0 Å². The molecule has 150 valence electrons. The third kappa shape index (κ3) is 5.96. The monoisotopic (exact) mass is 377 g/mol. The third-order valence-corrected chi connectivity index (χ3v) is 5.44. The van der Waals surface area contributed by atoms with Gasteiger partial charge >= 0.3 is 5.97 Å². The SMILES string of the molecule is COCCC1(CNC(=O)c2cc(C)c(OCC(=O)O)c(C)c2)CCCCC1. The van der Waals surface area contributed by atoms with E-state index in [0.717, 1.165) is 30.4 Å². The van der Waals surface area contributed by atoms with Crippen molar-refractivity contribution in [3.8, 4) is 5.75 Å². The summed E-state index contributed by atoms with van der Waals surface area (Å²) in [6, 6.07) is 3.50. The van der Waals surface area contributed by atoms with E-state index in [0.29, 0.717) is 24.5 Å². The fraction of sp³-hybridized carbons (Fsp3) is 0.619. The third-order valence-electron chi connectivity index (χ3n) is 5.44. The van der Waals surface area contributed by atoms with Crippen LogP contribution < -0.4 is 10.1 Å². The molecule has 0 radical (unpaired) electrons. The van der Waals surface area contributed by atoms with Crippen molar-refractivity contribution >= 4 is 11.9 Å². The lowest BCUT2D eigenvalue weighted by molar-refractivity contribution is -0.139. The number of amides is 1. The molecule has 1 saturated carbocycles. The molecule has 1 amide bonds. The van der Waals surface area contributed by atoms with Gasteiger partial charge in [-0.25, -0.2) is 4.79 Å². The first-order valence-electron chi connectivity index (χ1n) is 9.60. The predicted molar refractivity (Wildman–Crippen MR) is 103 cm³/mol. The van der Waals surface area contributed by atoms with Gasteiger partial charge in [-0.15, -0.1) is 0 Å². The molecule has 2 N–H and O–H groups in total. The maximum absolute atomic E-state index is 12.7. The number of hydrogen-bond donors (Lipinski definition) is 2. The van der Waals surface area contributed by atoms with Gasteiger partial charge in [-0.05, 0) is 61.8 Å². The van der Waals surface area contributed by atoms with Gasteiger partial charge in [0.1, 0.15) is 5.75 Å². The van der Waals surface area contributed by atoms with Crippen LogP contribution in [0, 0.1) is 19.3 Å². The standard InChI is InChI=1S/C21H31NO5/c1-15-11-17(12-16(2)19(15)27-13-18(23)24)20(25)22-14-21(9-10-26-3)7-5-4-6-8-21/h11-12H,4-10,13-14H2,1-3H3,(H,22,25)(H,23,24). The molecule has 6 nitrogen and oxygen atoms in total. The van der Waals surface area contributed by atoms with E-state index in [1.807, 2.05) is 13.8 Å². The van der Waals surface area contributed by atoms with Gasteiger partial charge in [-0.2, -0.15) is 0 Å². The maximum atomic E-state index is 12.7. The van der Waals surface area contributed by atoms with Crippen molar-refractivity contribution in [1.82, 2.24) is 5.32 Å². The zero-order chi connectivity index (χ0) is 19.9. The molecule has 0 bridgehead atoms. The van der Waals surface area contributed by atoms with Crippen LogP contribution in [0.25, 0.3) is 0 Å². The minimum atomic E-state index is -1.02. The Morgan fingerprint density at radius 2 is 1.78 bits per heavy atom. The molecule has 0 saturated heterocycles. The molecule has 1 fully saturated rings. The van der Waals surface area contributed by atoms with Gasteiger partial charge < -0.3 is 19.9 Å². The van der Waals surface area contributed by atoms with Crippen LogP contribution >= 0.6 is 0 Å². The Morgan fingerprint density at radius 3 is 2.33 bits per heavy atom. The number of benzene rings is 1. The number of carboxylic acid groups (broad SMARTS) is 1. The van der Waals surface area contributed by atoms with E-state index in [9.17, 15) is 9.59 Å². The number of hydrogen-bond acceptors (Lipinski definition) is 4. The lowest BCUT2D eigenvalue weighted by Crippen LogP contribution is -2.39. The maximum Gasteiger partial charge on any atom is 0.341 e. The summed E-state index contributed by atoms with van der Waals surface area (Å²) in [5, 5.41) is 11.9. The van der Waals surface area contributed by atoms with Gasteiger partial charge in [0.15, 0.2) is 6.61 Å². The number of aryl methyl sites for hydroxylation is 2. The zero-order valence-electron chi connectivity index (χ0n) is 16.6. The molecule has 6 heteroatoms. The number of carbonyl (C=O) groups excluding carboxylic acids is 1. The number of carbonyl (C=O) groups is 2. The Morgan fingerprint density at radius 1 is 1.15 bits per heavy atom. The van der Waals surface area contributed by atoms with E-state index >= 15 is 0 Å². The van der Waals surface area contributed by atoms with Crippen LogP contribution in [0.1, 0.15) is 60.0 Å².